The molecule has 0 saturated carbocycles. The number of nitrogens with one attached hydrogen (secondary N) is 2. The molecule has 5 nitrogen and oxygen atoms in total. The van der Waals surface area contributed by atoms with Crippen LogP contribution >= 0.6 is 22.9 Å². The molecule has 23 heavy (non-hydrogen) atoms. The van der Waals surface area contributed by atoms with Crippen molar-refractivity contribution in [3.63, 3.8) is 0 Å². The van der Waals surface area contributed by atoms with Gasteiger partial charge in [0.15, 0.2) is 0 Å². The average molecular weight is 353 g/mol. The Morgan fingerprint density at radius 1 is 1.17 bits per heavy atom. The third-order valence-corrected chi connectivity index (χ3v) is 4.17. The highest BCUT2D eigenvalue weighted by Gasteiger charge is 2.17. The first kappa shape index (κ1) is 17.5. The number of thiophene rings is 1. The highest BCUT2D eigenvalue weighted by Crippen LogP contribution is 2.18. The molecule has 0 aliphatic heterocycles. The maximum Gasteiger partial charge on any atom is 0.309 e. The van der Waals surface area contributed by atoms with E-state index in [-0.39, 0.29) is 19.2 Å². The lowest BCUT2D eigenvalue weighted by molar-refractivity contribution is -0.139. The van der Waals surface area contributed by atoms with Gasteiger partial charge in [0.05, 0.1) is 0 Å². The molecule has 1 atom stereocenters. The minimum Gasteiger partial charge on any atom is -0.375 e. The van der Waals surface area contributed by atoms with E-state index >= 15 is 0 Å². The summed E-state index contributed by atoms with van der Waals surface area (Å²) in [6.45, 7) is 0.502. The molecule has 1 aromatic heterocycles. The van der Waals surface area contributed by atoms with Gasteiger partial charge in [0, 0.05) is 25.2 Å². The van der Waals surface area contributed by atoms with Crippen LogP contribution in [-0.4, -0.2) is 25.5 Å². The van der Waals surface area contributed by atoms with Crippen LogP contribution in [0.2, 0.25) is 5.02 Å². The van der Waals surface area contributed by atoms with E-state index in [2.05, 4.69) is 10.6 Å². The molecule has 2 aromatic rings. The van der Waals surface area contributed by atoms with Crippen molar-refractivity contribution in [3.05, 3.63) is 57.2 Å². The van der Waals surface area contributed by atoms with Gasteiger partial charge in [-0.1, -0.05) is 23.7 Å². The summed E-state index contributed by atoms with van der Waals surface area (Å²) in [5.74, 6) is -1.36. The van der Waals surface area contributed by atoms with Gasteiger partial charge in [-0.25, -0.2) is 0 Å². The molecule has 1 unspecified atom stereocenters. The fraction of sp³-hybridized carbons (Fsp3) is 0.250. The van der Waals surface area contributed by atoms with Crippen LogP contribution < -0.4 is 10.6 Å². The van der Waals surface area contributed by atoms with E-state index in [4.69, 9.17) is 16.3 Å². The Morgan fingerprint density at radius 3 is 2.48 bits per heavy atom. The first-order valence-electron chi connectivity index (χ1n) is 6.95. The predicted octanol–water partition coefficient (Wildman–Crippen LogP) is 2.52. The fourth-order valence-corrected chi connectivity index (χ4v) is 2.75. The van der Waals surface area contributed by atoms with Crippen LogP contribution in [-0.2, 0) is 20.9 Å². The summed E-state index contributed by atoms with van der Waals surface area (Å²) in [4.78, 5) is 23.6. The molecule has 122 valence electrons. The molecular formula is C16H17ClN2O3S. The first-order valence-corrected chi connectivity index (χ1v) is 8.27. The Balaban J connectivity index is 1.78. The lowest BCUT2D eigenvalue weighted by atomic mass is 10.2. The molecule has 0 aliphatic carbocycles. The summed E-state index contributed by atoms with van der Waals surface area (Å²) < 4.78 is 5.31. The van der Waals surface area contributed by atoms with Gasteiger partial charge in [-0.3, -0.25) is 9.59 Å². The largest absolute Gasteiger partial charge is 0.375 e. The Morgan fingerprint density at radius 2 is 1.87 bits per heavy atom. The molecule has 1 aromatic carbocycles. The maximum atomic E-state index is 11.8. The van der Waals surface area contributed by atoms with Crippen LogP contribution in [0.25, 0.3) is 0 Å². The second-order valence-electron chi connectivity index (χ2n) is 4.80. The van der Waals surface area contributed by atoms with Crippen molar-refractivity contribution in [2.24, 2.45) is 0 Å². The van der Waals surface area contributed by atoms with E-state index in [0.29, 0.717) is 5.02 Å². The standard InChI is InChI=1S/C16H17ClN2O3S/c1-22-14(12-6-7-23-10-12)9-19-16(21)15(20)18-8-11-2-4-13(17)5-3-11/h2-7,10,14H,8-9H2,1H3,(H,18,20)(H,19,21). The number of ether oxygens (including phenoxy) is 1. The summed E-state index contributed by atoms with van der Waals surface area (Å²) in [5.41, 5.74) is 1.84. The predicted molar refractivity (Wildman–Crippen MR) is 90.4 cm³/mol. The summed E-state index contributed by atoms with van der Waals surface area (Å²) in [7, 11) is 1.56. The first-order chi connectivity index (χ1) is 11.1. The van der Waals surface area contributed by atoms with Crippen LogP contribution in [0.1, 0.15) is 17.2 Å². The SMILES string of the molecule is COC(CNC(=O)C(=O)NCc1ccc(Cl)cc1)c1ccsc1. The quantitative estimate of drug-likeness (QED) is 0.785. The van der Waals surface area contributed by atoms with Crippen LogP contribution in [0.4, 0.5) is 0 Å². The molecule has 7 heteroatoms. The molecule has 0 radical (unpaired) electrons. The van der Waals surface area contributed by atoms with Gasteiger partial charge in [0.1, 0.15) is 6.10 Å². The zero-order valence-electron chi connectivity index (χ0n) is 12.5. The van der Waals surface area contributed by atoms with Gasteiger partial charge < -0.3 is 15.4 Å². The molecular weight excluding hydrogens is 336 g/mol. The number of rotatable bonds is 6. The fourth-order valence-electron chi connectivity index (χ4n) is 1.93. The number of carbonyl (C=O) groups is 2. The van der Waals surface area contributed by atoms with Crippen molar-refractivity contribution < 1.29 is 14.3 Å². The van der Waals surface area contributed by atoms with Gasteiger partial charge in [-0.2, -0.15) is 11.3 Å². The van der Waals surface area contributed by atoms with Crippen molar-refractivity contribution in [1.82, 2.24) is 10.6 Å². The highest BCUT2D eigenvalue weighted by molar-refractivity contribution is 7.07. The molecule has 0 bridgehead atoms. The molecule has 0 fully saturated rings. The number of hydrogen-bond donors (Lipinski definition) is 2. The summed E-state index contributed by atoms with van der Waals surface area (Å²) in [6.07, 6.45) is -0.269. The Labute approximate surface area is 143 Å². The van der Waals surface area contributed by atoms with Crippen LogP contribution in [0.3, 0.4) is 0 Å². The summed E-state index contributed by atoms with van der Waals surface area (Å²) >= 11 is 7.34. The van der Waals surface area contributed by atoms with Gasteiger partial charge in [0.25, 0.3) is 0 Å². The molecule has 0 aliphatic rings. The van der Waals surface area contributed by atoms with Gasteiger partial charge in [-0.15, -0.1) is 0 Å². The number of methoxy groups -OCH3 is 1. The van der Waals surface area contributed by atoms with Crippen molar-refractivity contribution in [2.45, 2.75) is 12.6 Å². The van der Waals surface area contributed by atoms with Crippen molar-refractivity contribution >= 4 is 34.8 Å². The van der Waals surface area contributed by atoms with Crippen molar-refractivity contribution in [2.75, 3.05) is 13.7 Å². The lowest BCUT2D eigenvalue weighted by Gasteiger charge is -2.14. The van der Waals surface area contributed by atoms with E-state index in [9.17, 15) is 9.59 Å². The second-order valence-corrected chi connectivity index (χ2v) is 6.02. The van der Waals surface area contributed by atoms with E-state index < -0.39 is 11.8 Å². The van der Waals surface area contributed by atoms with Crippen LogP contribution in [0, 0.1) is 0 Å². The van der Waals surface area contributed by atoms with Crippen molar-refractivity contribution in [1.29, 1.82) is 0 Å². The minimum atomic E-state index is -0.684. The Kier molecular flexibility index (Phi) is 6.58. The third kappa shape index (κ3) is 5.35. The molecule has 2 rings (SSSR count). The molecule has 2 N–H and O–H groups in total. The average Bonchev–Trinajstić information content (AvgIpc) is 3.08. The Bertz CT molecular complexity index is 644. The normalized spacial score (nSPS) is 11.7. The van der Waals surface area contributed by atoms with Gasteiger partial charge in [0.2, 0.25) is 0 Å². The zero-order valence-corrected chi connectivity index (χ0v) is 14.1. The third-order valence-electron chi connectivity index (χ3n) is 3.22. The molecule has 0 spiro atoms. The van der Waals surface area contributed by atoms with Gasteiger partial charge >= 0.3 is 11.8 Å². The molecule has 0 saturated heterocycles. The maximum absolute atomic E-state index is 11.8. The van der Waals surface area contributed by atoms with Crippen molar-refractivity contribution in [3.8, 4) is 0 Å². The second kappa shape index (κ2) is 8.67. The smallest absolute Gasteiger partial charge is 0.309 e. The number of hydrogen-bond acceptors (Lipinski definition) is 4. The minimum absolute atomic E-state index is 0.237. The topological polar surface area (TPSA) is 67.4 Å². The highest BCUT2D eigenvalue weighted by atomic mass is 35.5. The lowest BCUT2D eigenvalue weighted by Crippen LogP contribution is -2.41. The van der Waals surface area contributed by atoms with E-state index in [0.717, 1.165) is 11.1 Å². The number of amides is 2. The monoisotopic (exact) mass is 352 g/mol. The molecule has 2 amide bonds. The summed E-state index contributed by atoms with van der Waals surface area (Å²) in [6, 6.07) is 8.96. The summed E-state index contributed by atoms with van der Waals surface area (Å²) in [5, 5.41) is 9.64. The van der Waals surface area contributed by atoms with E-state index in [1.54, 1.807) is 42.7 Å². The van der Waals surface area contributed by atoms with E-state index in [1.165, 1.54) is 0 Å². The Hall–Kier alpha value is -1.89. The van der Waals surface area contributed by atoms with Crippen LogP contribution in [0.5, 0.6) is 0 Å². The van der Waals surface area contributed by atoms with E-state index in [1.807, 2.05) is 16.8 Å². The van der Waals surface area contributed by atoms with Gasteiger partial charge in [-0.05, 0) is 40.1 Å². The van der Waals surface area contributed by atoms with Crippen LogP contribution in [0.15, 0.2) is 41.1 Å². The number of carbonyl (C=O) groups excluding carboxylic acids is 2. The molecule has 1 heterocycles. The number of benzene rings is 1. The zero-order chi connectivity index (χ0) is 16.7. The number of halogens is 1.